The predicted molar refractivity (Wildman–Crippen MR) is 52.5 cm³/mol. The lowest BCUT2D eigenvalue weighted by Crippen LogP contribution is -2.06. The van der Waals surface area contributed by atoms with Crippen molar-refractivity contribution in [2.45, 2.75) is 33.4 Å². The largest absolute Gasteiger partial charge is 0.293 e. The second kappa shape index (κ2) is 7.01. The van der Waals surface area contributed by atoms with Crippen LogP contribution in [0.25, 0.3) is 0 Å². The quantitative estimate of drug-likeness (QED) is 0.564. The molecule has 0 amide bonds. The number of allylic oxidation sites excluding steroid dienone is 2. The number of aliphatic imine (C=N–C) groups is 1. The van der Waals surface area contributed by atoms with Crippen LogP contribution in [0.4, 0.5) is 4.39 Å². The summed E-state index contributed by atoms with van der Waals surface area (Å²) in [5.74, 6) is 0.109. The molecular formula is C10H18FN. The third kappa shape index (κ3) is 6.08. The summed E-state index contributed by atoms with van der Waals surface area (Å²) < 4.78 is 12.9. The Hall–Kier alpha value is -0.660. The van der Waals surface area contributed by atoms with Gasteiger partial charge < -0.3 is 0 Å². The van der Waals surface area contributed by atoms with E-state index in [9.17, 15) is 4.39 Å². The van der Waals surface area contributed by atoms with E-state index in [0.717, 1.165) is 6.54 Å². The molecule has 2 heteroatoms. The Labute approximate surface area is 74.4 Å². The molecule has 1 atom stereocenters. The van der Waals surface area contributed by atoms with Gasteiger partial charge in [0.2, 0.25) is 0 Å². The fraction of sp³-hybridized carbons (Fsp3) is 0.700. The smallest absolute Gasteiger partial charge is 0.106 e. The van der Waals surface area contributed by atoms with Gasteiger partial charge in [0.05, 0.1) is 0 Å². The molecule has 0 aliphatic heterocycles. The Bertz CT molecular complexity index is 150. The first-order valence-electron chi connectivity index (χ1n) is 4.47. The average Bonchev–Trinajstić information content (AvgIpc) is 2.03. The van der Waals surface area contributed by atoms with E-state index >= 15 is 0 Å². The third-order valence-corrected chi connectivity index (χ3v) is 1.59. The van der Waals surface area contributed by atoms with Gasteiger partial charge in [-0.3, -0.25) is 4.99 Å². The van der Waals surface area contributed by atoms with Crippen molar-refractivity contribution in [3.8, 4) is 0 Å². The first-order valence-corrected chi connectivity index (χ1v) is 4.47. The maximum Gasteiger partial charge on any atom is 0.106 e. The first-order chi connectivity index (χ1) is 5.68. The van der Waals surface area contributed by atoms with Gasteiger partial charge in [0.15, 0.2) is 0 Å². The molecule has 0 spiro atoms. The number of halogens is 1. The minimum atomic E-state index is -0.726. The van der Waals surface area contributed by atoms with Crippen LogP contribution in [0.2, 0.25) is 0 Å². The second-order valence-corrected chi connectivity index (χ2v) is 3.07. The molecule has 0 bridgehead atoms. The molecule has 0 fully saturated rings. The summed E-state index contributed by atoms with van der Waals surface area (Å²) in [6.07, 6.45) is 5.11. The zero-order valence-corrected chi connectivity index (χ0v) is 8.13. The summed E-state index contributed by atoms with van der Waals surface area (Å²) in [4.78, 5) is 3.98. The molecule has 0 saturated carbocycles. The van der Waals surface area contributed by atoms with Gasteiger partial charge in [-0.1, -0.05) is 19.9 Å². The zero-order chi connectivity index (χ0) is 9.40. The van der Waals surface area contributed by atoms with E-state index in [-0.39, 0.29) is 5.92 Å². The van der Waals surface area contributed by atoms with Crippen LogP contribution in [0.3, 0.4) is 0 Å². The Kier molecular flexibility index (Phi) is 6.63. The van der Waals surface area contributed by atoms with Crippen LogP contribution in [0, 0.1) is 5.92 Å². The highest BCUT2D eigenvalue weighted by atomic mass is 19.1. The van der Waals surface area contributed by atoms with Gasteiger partial charge in [-0.15, -0.1) is 0 Å². The Balaban J connectivity index is 3.53. The lowest BCUT2D eigenvalue weighted by Gasteiger charge is -2.07. The lowest BCUT2D eigenvalue weighted by molar-refractivity contribution is 0.258. The van der Waals surface area contributed by atoms with Gasteiger partial charge in [0.25, 0.3) is 0 Å². The van der Waals surface area contributed by atoms with Crippen molar-refractivity contribution in [2.24, 2.45) is 10.9 Å². The van der Waals surface area contributed by atoms with Crippen molar-refractivity contribution < 1.29 is 4.39 Å². The summed E-state index contributed by atoms with van der Waals surface area (Å²) in [5, 5.41) is 0. The highest BCUT2D eigenvalue weighted by Gasteiger charge is 2.07. The van der Waals surface area contributed by atoms with E-state index in [1.54, 1.807) is 12.3 Å². The van der Waals surface area contributed by atoms with E-state index in [2.05, 4.69) is 4.99 Å². The lowest BCUT2D eigenvalue weighted by atomic mass is 10.1. The van der Waals surface area contributed by atoms with E-state index in [0.29, 0.717) is 6.42 Å². The van der Waals surface area contributed by atoms with E-state index in [1.807, 2.05) is 26.8 Å². The molecule has 0 aromatic rings. The molecule has 0 aromatic heterocycles. The van der Waals surface area contributed by atoms with Crippen LogP contribution in [-0.4, -0.2) is 18.9 Å². The number of alkyl halides is 1. The minimum Gasteiger partial charge on any atom is -0.293 e. The Morgan fingerprint density at radius 3 is 2.58 bits per heavy atom. The standard InChI is InChI=1S/C10H18FN/c1-4-12-8-6-5-7-10(11)9(2)3/h5-6,8-10H,4,7H2,1-3H3/b6-5-,12-8?/t10-/m0/s1. The zero-order valence-electron chi connectivity index (χ0n) is 8.13. The molecular weight excluding hydrogens is 153 g/mol. The van der Waals surface area contributed by atoms with Gasteiger partial charge >= 0.3 is 0 Å². The average molecular weight is 171 g/mol. The molecule has 0 aromatic carbocycles. The number of nitrogens with zero attached hydrogens (tertiary/aromatic N) is 1. The molecule has 0 aliphatic rings. The fourth-order valence-electron chi connectivity index (χ4n) is 0.708. The van der Waals surface area contributed by atoms with Crippen LogP contribution < -0.4 is 0 Å². The Morgan fingerprint density at radius 1 is 1.42 bits per heavy atom. The molecule has 0 heterocycles. The molecule has 0 N–H and O–H groups in total. The van der Waals surface area contributed by atoms with E-state index < -0.39 is 6.17 Å². The number of rotatable bonds is 5. The van der Waals surface area contributed by atoms with Crippen molar-refractivity contribution in [1.82, 2.24) is 0 Å². The highest BCUT2D eigenvalue weighted by Crippen LogP contribution is 2.10. The SMILES string of the molecule is CCN=C/C=C\C[C@H](F)C(C)C. The van der Waals surface area contributed by atoms with Gasteiger partial charge in [0, 0.05) is 12.8 Å². The maximum atomic E-state index is 12.9. The molecule has 0 radical (unpaired) electrons. The minimum absolute atomic E-state index is 0.109. The van der Waals surface area contributed by atoms with E-state index in [4.69, 9.17) is 0 Å². The van der Waals surface area contributed by atoms with Gasteiger partial charge in [0.1, 0.15) is 6.17 Å². The van der Waals surface area contributed by atoms with E-state index in [1.165, 1.54) is 0 Å². The predicted octanol–water partition coefficient (Wildman–Crippen LogP) is 3.02. The molecule has 12 heavy (non-hydrogen) atoms. The summed E-state index contributed by atoms with van der Waals surface area (Å²) in [6.45, 7) is 6.53. The highest BCUT2D eigenvalue weighted by molar-refractivity contribution is 5.70. The Morgan fingerprint density at radius 2 is 2.08 bits per heavy atom. The summed E-state index contributed by atoms with van der Waals surface area (Å²) >= 11 is 0. The van der Waals surface area contributed by atoms with Crippen molar-refractivity contribution in [1.29, 1.82) is 0 Å². The van der Waals surface area contributed by atoms with Crippen molar-refractivity contribution in [3.63, 3.8) is 0 Å². The molecule has 70 valence electrons. The van der Waals surface area contributed by atoms with Crippen LogP contribution in [0.5, 0.6) is 0 Å². The summed E-state index contributed by atoms with van der Waals surface area (Å²) in [7, 11) is 0. The van der Waals surface area contributed by atoms with Crippen molar-refractivity contribution in [2.75, 3.05) is 6.54 Å². The molecule has 0 unspecified atom stereocenters. The topological polar surface area (TPSA) is 12.4 Å². The molecule has 0 rings (SSSR count). The molecule has 1 nitrogen and oxygen atoms in total. The third-order valence-electron chi connectivity index (χ3n) is 1.59. The van der Waals surface area contributed by atoms with Crippen LogP contribution in [-0.2, 0) is 0 Å². The monoisotopic (exact) mass is 171 g/mol. The van der Waals surface area contributed by atoms with Crippen LogP contribution in [0.15, 0.2) is 17.1 Å². The van der Waals surface area contributed by atoms with Gasteiger partial charge in [-0.05, 0) is 25.3 Å². The maximum absolute atomic E-state index is 12.9. The van der Waals surface area contributed by atoms with Crippen molar-refractivity contribution in [3.05, 3.63) is 12.2 Å². The first kappa shape index (κ1) is 11.3. The van der Waals surface area contributed by atoms with Crippen LogP contribution >= 0.6 is 0 Å². The van der Waals surface area contributed by atoms with Gasteiger partial charge in [-0.25, -0.2) is 4.39 Å². The van der Waals surface area contributed by atoms with Gasteiger partial charge in [-0.2, -0.15) is 0 Å². The number of hydrogen-bond acceptors (Lipinski definition) is 1. The normalized spacial score (nSPS) is 15.1. The fourth-order valence-corrected chi connectivity index (χ4v) is 0.708. The molecule has 0 aliphatic carbocycles. The van der Waals surface area contributed by atoms with Crippen molar-refractivity contribution >= 4 is 6.21 Å². The summed E-state index contributed by atoms with van der Waals surface area (Å²) in [5.41, 5.74) is 0. The van der Waals surface area contributed by atoms with Crippen LogP contribution in [0.1, 0.15) is 27.2 Å². The summed E-state index contributed by atoms with van der Waals surface area (Å²) in [6, 6.07) is 0. The number of hydrogen-bond donors (Lipinski definition) is 0. The molecule has 0 saturated heterocycles. The second-order valence-electron chi connectivity index (χ2n) is 3.07.